The van der Waals surface area contributed by atoms with Crippen molar-refractivity contribution in [3.8, 4) is 5.75 Å². The molecule has 27 heavy (non-hydrogen) atoms. The number of carboxylic acid groups (broad SMARTS) is 1. The lowest BCUT2D eigenvalue weighted by Gasteiger charge is -2.42. The van der Waals surface area contributed by atoms with Gasteiger partial charge in [0.2, 0.25) is 0 Å². The van der Waals surface area contributed by atoms with Gasteiger partial charge >= 0.3 is 5.97 Å². The third-order valence-corrected chi connectivity index (χ3v) is 5.93. The zero-order valence-electron chi connectivity index (χ0n) is 16.8. The molecule has 0 spiro atoms. The van der Waals surface area contributed by atoms with Crippen LogP contribution in [0.25, 0.3) is 5.57 Å². The van der Waals surface area contributed by atoms with Gasteiger partial charge in [-0.3, -0.25) is 0 Å². The number of phenols is 1. The summed E-state index contributed by atoms with van der Waals surface area (Å²) in [5.74, 6) is -0.812. The molecule has 0 bridgehead atoms. The average molecular weight is 364 g/mol. The van der Waals surface area contributed by atoms with E-state index < -0.39 is 5.97 Å². The lowest BCUT2D eigenvalue weighted by atomic mass is 9.62. The minimum atomic E-state index is -0.977. The summed E-state index contributed by atoms with van der Waals surface area (Å²) in [4.78, 5) is 11.5. The Morgan fingerprint density at radius 3 is 2.00 bits per heavy atom. The summed E-state index contributed by atoms with van der Waals surface area (Å²) >= 11 is 0. The average Bonchev–Trinajstić information content (AvgIpc) is 2.58. The molecule has 0 saturated carbocycles. The van der Waals surface area contributed by atoms with Crippen LogP contribution in [-0.2, 0) is 15.6 Å². The SMILES string of the molecule is Cc1cc2c(cc1C(=CC(=O)O)c1ccc(O)cc1)C(C)(C)CCC2(C)C. The number of carbonyl (C=O) groups is 1. The fourth-order valence-electron chi connectivity index (χ4n) is 4.09. The van der Waals surface area contributed by atoms with Crippen molar-refractivity contribution in [1.82, 2.24) is 0 Å². The Kier molecular flexibility index (Phi) is 4.67. The van der Waals surface area contributed by atoms with Crippen LogP contribution in [0.3, 0.4) is 0 Å². The molecule has 2 aromatic rings. The minimum absolute atomic E-state index is 0.0522. The van der Waals surface area contributed by atoms with E-state index in [9.17, 15) is 15.0 Å². The monoisotopic (exact) mass is 364 g/mol. The molecule has 0 saturated heterocycles. The smallest absolute Gasteiger partial charge is 0.328 e. The molecule has 0 radical (unpaired) electrons. The van der Waals surface area contributed by atoms with Crippen LogP contribution in [0.4, 0.5) is 0 Å². The molecule has 3 nitrogen and oxygen atoms in total. The van der Waals surface area contributed by atoms with Gasteiger partial charge in [-0.25, -0.2) is 4.79 Å². The molecular formula is C24H28O3. The normalized spacial score (nSPS) is 18.0. The maximum Gasteiger partial charge on any atom is 0.328 e. The van der Waals surface area contributed by atoms with Crippen molar-refractivity contribution in [1.29, 1.82) is 0 Å². The maximum absolute atomic E-state index is 11.5. The van der Waals surface area contributed by atoms with Gasteiger partial charge in [0.25, 0.3) is 0 Å². The van der Waals surface area contributed by atoms with E-state index in [2.05, 4.69) is 39.8 Å². The van der Waals surface area contributed by atoms with Crippen molar-refractivity contribution in [3.63, 3.8) is 0 Å². The molecule has 0 aromatic heterocycles. The second-order valence-corrected chi connectivity index (χ2v) is 8.92. The second-order valence-electron chi connectivity index (χ2n) is 8.92. The Bertz CT molecular complexity index is 915. The third kappa shape index (κ3) is 3.64. The Morgan fingerprint density at radius 1 is 0.963 bits per heavy atom. The molecule has 0 atom stereocenters. The van der Waals surface area contributed by atoms with Gasteiger partial charge < -0.3 is 10.2 Å². The van der Waals surface area contributed by atoms with Crippen LogP contribution in [0, 0.1) is 6.92 Å². The van der Waals surface area contributed by atoms with Crippen molar-refractivity contribution in [2.45, 2.75) is 58.3 Å². The van der Waals surface area contributed by atoms with E-state index in [4.69, 9.17) is 0 Å². The fourth-order valence-corrected chi connectivity index (χ4v) is 4.09. The number of benzene rings is 2. The molecule has 0 amide bonds. The van der Waals surface area contributed by atoms with Crippen molar-refractivity contribution in [2.24, 2.45) is 0 Å². The number of fused-ring (bicyclic) bond motifs is 1. The van der Waals surface area contributed by atoms with Crippen LogP contribution in [-0.4, -0.2) is 16.2 Å². The molecule has 1 aliphatic rings. The fraction of sp³-hybridized carbons (Fsp3) is 0.375. The zero-order chi connectivity index (χ0) is 20.0. The van der Waals surface area contributed by atoms with Crippen molar-refractivity contribution in [3.05, 3.63) is 70.3 Å². The predicted octanol–water partition coefficient (Wildman–Crippen LogP) is 5.57. The number of aromatic hydroxyl groups is 1. The van der Waals surface area contributed by atoms with Gasteiger partial charge in [-0.1, -0.05) is 52.0 Å². The second kappa shape index (κ2) is 6.56. The predicted molar refractivity (Wildman–Crippen MR) is 109 cm³/mol. The van der Waals surface area contributed by atoms with E-state index >= 15 is 0 Å². The van der Waals surface area contributed by atoms with Crippen LogP contribution in [0.5, 0.6) is 5.75 Å². The number of phenolic OH excluding ortho intramolecular Hbond substituents is 1. The summed E-state index contributed by atoms with van der Waals surface area (Å²) in [6, 6.07) is 11.1. The van der Waals surface area contributed by atoms with E-state index in [-0.39, 0.29) is 16.6 Å². The van der Waals surface area contributed by atoms with Crippen LogP contribution >= 0.6 is 0 Å². The Morgan fingerprint density at radius 2 is 1.48 bits per heavy atom. The van der Waals surface area contributed by atoms with Gasteiger partial charge in [-0.05, 0) is 76.1 Å². The first kappa shape index (κ1) is 19.2. The van der Waals surface area contributed by atoms with Gasteiger partial charge in [-0.2, -0.15) is 0 Å². The van der Waals surface area contributed by atoms with Crippen molar-refractivity contribution in [2.75, 3.05) is 0 Å². The lowest BCUT2D eigenvalue weighted by Crippen LogP contribution is -2.34. The quantitative estimate of drug-likeness (QED) is 0.700. The van der Waals surface area contributed by atoms with Crippen LogP contribution in [0.1, 0.15) is 68.4 Å². The van der Waals surface area contributed by atoms with Crippen LogP contribution in [0.2, 0.25) is 0 Å². The lowest BCUT2D eigenvalue weighted by molar-refractivity contribution is -0.131. The van der Waals surface area contributed by atoms with E-state index in [0.717, 1.165) is 29.5 Å². The summed E-state index contributed by atoms with van der Waals surface area (Å²) in [6.07, 6.45) is 3.51. The maximum atomic E-state index is 11.5. The number of aryl methyl sites for hydroxylation is 1. The first-order chi connectivity index (χ1) is 12.5. The molecule has 2 N–H and O–H groups in total. The Balaban J connectivity index is 2.26. The van der Waals surface area contributed by atoms with Crippen LogP contribution in [0.15, 0.2) is 42.5 Å². The summed E-state index contributed by atoms with van der Waals surface area (Å²) in [7, 11) is 0. The molecule has 0 aliphatic heterocycles. The number of hydrogen-bond donors (Lipinski definition) is 2. The van der Waals surface area contributed by atoms with Crippen molar-refractivity contribution >= 4 is 11.5 Å². The molecule has 2 aromatic carbocycles. The molecule has 142 valence electrons. The van der Waals surface area contributed by atoms with E-state index in [1.165, 1.54) is 17.2 Å². The molecule has 0 heterocycles. The molecular weight excluding hydrogens is 336 g/mol. The number of aliphatic carboxylic acids is 1. The van der Waals surface area contributed by atoms with Crippen molar-refractivity contribution < 1.29 is 15.0 Å². The highest BCUT2D eigenvalue weighted by Crippen LogP contribution is 2.47. The number of rotatable bonds is 3. The summed E-state index contributed by atoms with van der Waals surface area (Å²) in [5, 5.41) is 19.0. The highest BCUT2D eigenvalue weighted by atomic mass is 16.4. The Labute approximate surface area is 161 Å². The number of hydrogen-bond acceptors (Lipinski definition) is 2. The van der Waals surface area contributed by atoms with Gasteiger partial charge in [0.05, 0.1) is 0 Å². The number of carboxylic acids is 1. The van der Waals surface area contributed by atoms with Crippen LogP contribution < -0.4 is 0 Å². The van der Waals surface area contributed by atoms with Gasteiger partial charge in [-0.15, -0.1) is 0 Å². The Hall–Kier alpha value is -2.55. The van der Waals surface area contributed by atoms with E-state index in [0.29, 0.717) is 5.57 Å². The molecule has 3 heteroatoms. The zero-order valence-corrected chi connectivity index (χ0v) is 16.8. The van der Waals surface area contributed by atoms with E-state index in [1.54, 1.807) is 24.3 Å². The minimum Gasteiger partial charge on any atom is -0.508 e. The highest BCUT2D eigenvalue weighted by molar-refractivity contribution is 5.96. The van der Waals surface area contributed by atoms with Gasteiger partial charge in [0.1, 0.15) is 5.75 Å². The third-order valence-electron chi connectivity index (χ3n) is 5.93. The van der Waals surface area contributed by atoms with Gasteiger partial charge in [0.15, 0.2) is 0 Å². The van der Waals surface area contributed by atoms with E-state index in [1.807, 2.05) is 6.92 Å². The van der Waals surface area contributed by atoms with Gasteiger partial charge in [0, 0.05) is 6.08 Å². The first-order valence-corrected chi connectivity index (χ1v) is 9.41. The highest BCUT2D eigenvalue weighted by Gasteiger charge is 2.37. The topological polar surface area (TPSA) is 57.5 Å². The molecule has 0 unspecified atom stereocenters. The largest absolute Gasteiger partial charge is 0.508 e. The molecule has 0 fully saturated rings. The standard InChI is InChI=1S/C24H28O3/c1-15-12-20-21(24(4,5)11-10-23(20,2)3)13-18(15)19(14-22(26)27)16-6-8-17(25)9-7-16/h6-9,12-14,25H,10-11H2,1-5H3,(H,26,27). The first-order valence-electron chi connectivity index (χ1n) is 9.41. The summed E-state index contributed by atoms with van der Waals surface area (Å²) in [6.45, 7) is 11.1. The summed E-state index contributed by atoms with van der Waals surface area (Å²) < 4.78 is 0. The summed E-state index contributed by atoms with van der Waals surface area (Å²) in [5.41, 5.74) is 6.29. The molecule has 3 rings (SSSR count). The molecule has 1 aliphatic carbocycles.